The van der Waals surface area contributed by atoms with Gasteiger partial charge in [0.05, 0.1) is 0 Å². The lowest BCUT2D eigenvalue weighted by Gasteiger charge is -2.14. The molecule has 0 rings (SSSR count). The number of allylic oxidation sites excluding steroid dienone is 10. The van der Waals surface area contributed by atoms with E-state index in [4.69, 9.17) is 0 Å². The van der Waals surface area contributed by atoms with Crippen LogP contribution in [0.3, 0.4) is 0 Å². The van der Waals surface area contributed by atoms with Crippen LogP contribution in [0.1, 0.15) is 93.9 Å². The average Bonchev–Trinajstić information content (AvgIpc) is 2.51. The largest absolute Gasteiger partial charge is 0.0887 e. The third-order valence-corrected chi connectivity index (χ3v) is 4.55. The Morgan fingerprint density at radius 1 is 0.680 bits per heavy atom. The highest BCUT2D eigenvalue weighted by molar-refractivity contribution is 5.11. The molecule has 0 aliphatic carbocycles. The molecule has 25 heavy (non-hydrogen) atoms. The van der Waals surface area contributed by atoms with Gasteiger partial charge in [-0.1, -0.05) is 58.2 Å². The molecular formula is C25H42. The second-order valence-electron chi connectivity index (χ2n) is 8.04. The molecule has 0 aromatic carbocycles. The summed E-state index contributed by atoms with van der Waals surface area (Å²) >= 11 is 0. The maximum atomic E-state index is 2.52. The average molecular weight is 343 g/mol. The number of hydrogen-bond acceptors (Lipinski definition) is 0. The molecule has 0 aromatic heterocycles. The van der Waals surface area contributed by atoms with E-state index in [0.29, 0.717) is 5.92 Å². The van der Waals surface area contributed by atoms with Crippen molar-refractivity contribution in [1.82, 2.24) is 0 Å². The lowest BCUT2D eigenvalue weighted by atomic mass is 9.92. The van der Waals surface area contributed by atoms with E-state index in [1.807, 2.05) is 0 Å². The minimum atomic E-state index is 0.626. The van der Waals surface area contributed by atoms with Crippen LogP contribution in [0.25, 0.3) is 0 Å². The SMILES string of the molecule is CC=C(C)CC(/C=C(\C)CCC=C(C)C)C/C=C(\C)CCC=C(C)C. The van der Waals surface area contributed by atoms with E-state index in [0.717, 1.165) is 12.8 Å². The van der Waals surface area contributed by atoms with E-state index >= 15 is 0 Å². The van der Waals surface area contributed by atoms with Crippen molar-refractivity contribution in [2.45, 2.75) is 93.9 Å². The Bertz CT molecular complexity index is 512. The molecule has 0 nitrogen and oxygen atoms in total. The number of hydrogen-bond donors (Lipinski definition) is 0. The fourth-order valence-corrected chi connectivity index (χ4v) is 2.86. The van der Waals surface area contributed by atoms with Crippen molar-refractivity contribution in [3.05, 3.63) is 58.2 Å². The van der Waals surface area contributed by atoms with Crippen molar-refractivity contribution < 1.29 is 0 Å². The molecule has 0 saturated heterocycles. The fraction of sp³-hybridized carbons (Fsp3) is 0.600. The molecule has 0 N–H and O–H groups in total. The molecule has 1 atom stereocenters. The van der Waals surface area contributed by atoms with Crippen molar-refractivity contribution in [1.29, 1.82) is 0 Å². The zero-order valence-electron chi connectivity index (χ0n) is 18.2. The molecule has 0 aliphatic rings. The van der Waals surface area contributed by atoms with Gasteiger partial charge in [-0.2, -0.15) is 0 Å². The van der Waals surface area contributed by atoms with Crippen molar-refractivity contribution in [2.24, 2.45) is 5.92 Å². The Hall–Kier alpha value is -1.30. The fourth-order valence-electron chi connectivity index (χ4n) is 2.86. The second kappa shape index (κ2) is 13.9. The molecule has 0 radical (unpaired) electrons. The van der Waals surface area contributed by atoms with Gasteiger partial charge < -0.3 is 0 Å². The van der Waals surface area contributed by atoms with E-state index in [1.54, 1.807) is 0 Å². The third-order valence-electron chi connectivity index (χ3n) is 4.55. The molecule has 0 bridgehead atoms. The smallest absolute Gasteiger partial charge is 0.0159 e. The lowest BCUT2D eigenvalue weighted by molar-refractivity contribution is 0.641. The van der Waals surface area contributed by atoms with Crippen LogP contribution in [-0.2, 0) is 0 Å². The predicted octanol–water partition coefficient (Wildman–Crippen LogP) is 8.73. The molecule has 0 fully saturated rings. The predicted molar refractivity (Wildman–Crippen MR) is 117 cm³/mol. The van der Waals surface area contributed by atoms with Crippen molar-refractivity contribution in [3.8, 4) is 0 Å². The molecule has 0 heteroatoms. The van der Waals surface area contributed by atoms with Gasteiger partial charge in [-0.15, -0.1) is 0 Å². The van der Waals surface area contributed by atoms with Crippen LogP contribution in [0.2, 0.25) is 0 Å². The quantitative estimate of drug-likeness (QED) is 0.329. The first kappa shape index (κ1) is 23.7. The summed E-state index contributed by atoms with van der Waals surface area (Å²) in [7, 11) is 0. The maximum absolute atomic E-state index is 2.52. The zero-order chi connectivity index (χ0) is 19.2. The molecule has 142 valence electrons. The second-order valence-corrected chi connectivity index (χ2v) is 8.04. The first-order valence-electron chi connectivity index (χ1n) is 9.96. The monoisotopic (exact) mass is 342 g/mol. The van der Waals surface area contributed by atoms with E-state index < -0.39 is 0 Å². The minimum absolute atomic E-state index is 0.626. The Kier molecular flexibility index (Phi) is 13.2. The van der Waals surface area contributed by atoms with Gasteiger partial charge in [0.2, 0.25) is 0 Å². The summed E-state index contributed by atoms with van der Waals surface area (Å²) in [6, 6.07) is 0. The summed E-state index contributed by atoms with van der Waals surface area (Å²) in [5.41, 5.74) is 7.39. The van der Waals surface area contributed by atoms with Gasteiger partial charge >= 0.3 is 0 Å². The summed E-state index contributed by atoms with van der Waals surface area (Å²) in [6.45, 7) is 17.7. The highest BCUT2D eigenvalue weighted by Gasteiger charge is 2.06. The van der Waals surface area contributed by atoms with Crippen LogP contribution in [-0.4, -0.2) is 0 Å². The van der Waals surface area contributed by atoms with Gasteiger partial charge in [0.25, 0.3) is 0 Å². The van der Waals surface area contributed by atoms with E-state index in [-0.39, 0.29) is 0 Å². The lowest BCUT2D eigenvalue weighted by Crippen LogP contribution is -1.98. The highest BCUT2D eigenvalue weighted by Crippen LogP contribution is 2.22. The van der Waals surface area contributed by atoms with E-state index in [2.05, 4.69) is 85.8 Å². The van der Waals surface area contributed by atoms with Crippen LogP contribution in [0.5, 0.6) is 0 Å². The first-order chi connectivity index (χ1) is 11.7. The normalized spacial score (nSPS) is 14.3. The number of rotatable bonds is 11. The summed E-state index contributed by atoms with van der Waals surface area (Å²) in [5.74, 6) is 0.626. The molecule has 0 aliphatic heterocycles. The van der Waals surface area contributed by atoms with Crippen LogP contribution >= 0.6 is 0 Å². The molecular weight excluding hydrogens is 300 g/mol. The maximum Gasteiger partial charge on any atom is -0.0159 e. The summed E-state index contributed by atoms with van der Waals surface area (Å²) in [4.78, 5) is 0. The van der Waals surface area contributed by atoms with Crippen LogP contribution in [0.4, 0.5) is 0 Å². The van der Waals surface area contributed by atoms with Crippen LogP contribution < -0.4 is 0 Å². The van der Waals surface area contributed by atoms with Gasteiger partial charge in [-0.3, -0.25) is 0 Å². The minimum Gasteiger partial charge on any atom is -0.0887 e. The summed E-state index contributed by atoms with van der Waals surface area (Å²) in [5, 5.41) is 0. The van der Waals surface area contributed by atoms with E-state index in [1.165, 1.54) is 53.5 Å². The molecule has 0 heterocycles. The van der Waals surface area contributed by atoms with Crippen molar-refractivity contribution in [2.75, 3.05) is 0 Å². The topological polar surface area (TPSA) is 0 Å². The summed E-state index contributed by atoms with van der Waals surface area (Å²) < 4.78 is 0. The van der Waals surface area contributed by atoms with Gasteiger partial charge in [-0.25, -0.2) is 0 Å². The molecule has 0 spiro atoms. The molecule has 1 unspecified atom stereocenters. The van der Waals surface area contributed by atoms with Gasteiger partial charge in [-0.05, 0) is 99.8 Å². The third kappa shape index (κ3) is 14.7. The molecule has 0 aromatic rings. The Morgan fingerprint density at radius 3 is 1.68 bits per heavy atom. The molecule has 0 amide bonds. The Morgan fingerprint density at radius 2 is 1.20 bits per heavy atom. The van der Waals surface area contributed by atoms with Crippen molar-refractivity contribution >= 4 is 0 Å². The van der Waals surface area contributed by atoms with Crippen LogP contribution in [0.15, 0.2) is 58.2 Å². The van der Waals surface area contributed by atoms with Gasteiger partial charge in [0.1, 0.15) is 0 Å². The van der Waals surface area contributed by atoms with Crippen molar-refractivity contribution in [3.63, 3.8) is 0 Å². The standard InChI is InChI=1S/C25H42/c1-9-22(6)18-25(19-24(8)15-11-13-21(4)5)17-16-23(7)14-10-12-20(2)3/h9,12-13,16,19,25H,10-11,14-15,17-18H2,1-8H3/b22-9?,23-16+,24-19+. The van der Waals surface area contributed by atoms with Gasteiger partial charge in [0, 0.05) is 0 Å². The Balaban J connectivity index is 4.81. The highest BCUT2D eigenvalue weighted by atomic mass is 14.1. The van der Waals surface area contributed by atoms with Gasteiger partial charge in [0.15, 0.2) is 0 Å². The summed E-state index contributed by atoms with van der Waals surface area (Å²) in [6.07, 6.45) is 19.0. The zero-order valence-corrected chi connectivity index (χ0v) is 18.2. The Labute approximate surface area is 158 Å². The first-order valence-corrected chi connectivity index (χ1v) is 9.96. The van der Waals surface area contributed by atoms with E-state index in [9.17, 15) is 0 Å². The molecule has 0 saturated carbocycles. The van der Waals surface area contributed by atoms with Crippen LogP contribution in [0, 0.1) is 5.92 Å².